The van der Waals surface area contributed by atoms with Crippen LogP contribution in [0, 0.1) is 16.0 Å². The fourth-order valence-electron chi connectivity index (χ4n) is 1.48. The van der Waals surface area contributed by atoms with Gasteiger partial charge in [-0.3, -0.25) is 10.1 Å². The summed E-state index contributed by atoms with van der Waals surface area (Å²) in [4.78, 5) is 10.4. The number of nitro benzene ring substituents is 1. The maximum Gasteiger partial charge on any atom is 0.293 e. The Morgan fingerprint density at radius 3 is 2.79 bits per heavy atom. The van der Waals surface area contributed by atoms with Crippen LogP contribution in [0.5, 0.6) is 0 Å². The molecule has 0 amide bonds. The van der Waals surface area contributed by atoms with E-state index in [0.29, 0.717) is 36.4 Å². The molecule has 0 saturated carbocycles. The van der Waals surface area contributed by atoms with Crippen molar-refractivity contribution in [1.29, 1.82) is 0 Å². The molecule has 0 aliphatic carbocycles. The summed E-state index contributed by atoms with van der Waals surface area (Å²) in [6.07, 6.45) is 1.01. The summed E-state index contributed by atoms with van der Waals surface area (Å²) in [6.45, 7) is 6.03. The zero-order valence-corrected chi connectivity index (χ0v) is 11.9. The van der Waals surface area contributed by atoms with Crippen molar-refractivity contribution in [2.24, 2.45) is 5.92 Å². The first-order chi connectivity index (χ1) is 9.00. The van der Waals surface area contributed by atoms with Crippen molar-refractivity contribution in [3.05, 3.63) is 33.3 Å². The highest BCUT2D eigenvalue weighted by Gasteiger charge is 2.13. The zero-order valence-electron chi connectivity index (χ0n) is 11.2. The van der Waals surface area contributed by atoms with Crippen LogP contribution in [-0.2, 0) is 4.74 Å². The largest absolute Gasteiger partial charge is 0.380 e. The molecule has 1 aromatic carbocycles. The molecule has 0 aliphatic heterocycles. The number of rotatable bonds is 8. The molecular formula is C13H19ClN2O3. The van der Waals surface area contributed by atoms with Crippen LogP contribution in [0.15, 0.2) is 18.2 Å². The Kier molecular flexibility index (Phi) is 6.59. The fourth-order valence-corrected chi connectivity index (χ4v) is 1.65. The van der Waals surface area contributed by atoms with E-state index in [0.717, 1.165) is 6.42 Å². The first-order valence-corrected chi connectivity index (χ1v) is 6.64. The third-order valence-corrected chi connectivity index (χ3v) is 2.79. The van der Waals surface area contributed by atoms with E-state index < -0.39 is 4.92 Å². The average Bonchev–Trinajstić information content (AvgIpc) is 2.34. The zero-order chi connectivity index (χ0) is 14.3. The highest BCUT2D eigenvalue weighted by molar-refractivity contribution is 6.30. The van der Waals surface area contributed by atoms with E-state index in [-0.39, 0.29) is 5.69 Å². The maximum atomic E-state index is 10.9. The van der Waals surface area contributed by atoms with Crippen LogP contribution in [0.3, 0.4) is 0 Å². The summed E-state index contributed by atoms with van der Waals surface area (Å²) in [5.74, 6) is 0.616. The summed E-state index contributed by atoms with van der Waals surface area (Å²) in [6, 6.07) is 4.56. The molecule has 0 bridgehead atoms. The van der Waals surface area contributed by atoms with Gasteiger partial charge in [0.15, 0.2) is 0 Å². The van der Waals surface area contributed by atoms with Gasteiger partial charge in [0, 0.05) is 24.2 Å². The number of nitrogens with one attached hydrogen (secondary N) is 1. The van der Waals surface area contributed by atoms with Gasteiger partial charge in [0.25, 0.3) is 5.69 Å². The van der Waals surface area contributed by atoms with Crippen LogP contribution in [0.4, 0.5) is 11.4 Å². The second-order valence-electron chi connectivity index (χ2n) is 4.64. The summed E-state index contributed by atoms with van der Waals surface area (Å²) in [7, 11) is 0. The van der Waals surface area contributed by atoms with Gasteiger partial charge in [0.1, 0.15) is 5.69 Å². The van der Waals surface area contributed by atoms with Gasteiger partial charge in [-0.05, 0) is 24.5 Å². The molecule has 0 heterocycles. The monoisotopic (exact) mass is 286 g/mol. The van der Waals surface area contributed by atoms with Crippen molar-refractivity contribution in [2.75, 3.05) is 25.1 Å². The SMILES string of the molecule is CC(C)CCOCCNc1ccc(Cl)cc1[N+](=O)[O-]. The third-order valence-electron chi connectivity index (χ3n) is 2.56. The lowest BCUT2D eigenvalue weighted by molar-refractivity contribution is -0.383. The molecule has 0 unspecified atom stereocenters. The highest BCUT2D eigenvalue weighted by atomic mass is 35.5. The normalized spacial score (nSPS) is 10.7. The number of ether oxygens (including phenoxy) is 1. The predicted molar refractivity (Wildman–Crippen MR) is 76.9 cm³/mol. The fraction of sp³-hybridized carbons (Fsp3) is 0.538. The molecular weight excluding hydrogens is 268 g/mol. The molecule has 5 nitrogen and oxygen atoms in total. The van der Waals surface area contributed by atoms with E-state index in [4.69, 9.17) is 16.3 Å². The maximum absolute atomic E-state index is 10.9. The van der Waals surface area contributed by atoms with Gasteiger partial charge in [-0.25, -0.2) is 0 Å². The number of benzene rings is 1. The van der Waals surface area contributed by atoms with Crippen LogP contribution in [0.1, 0.15) is 20.3 Å². The Bertz CT molecular complexity index is 424. The van der Waals surface area contributed by atoms with E-state index in [2.05, 4.69) is 19.2 Å². The van der Waals surface area contributed by atoms with Gasteiger partial charge in [-0.15, -0.1) is 0 Å². The lowest BCUT2D eigenvalue weighted by atomic mass is 10.1. The molecule has 0 aliphatic rings. The van der Waals surface area contributed by atoms with Crippen molar-refractivity contribution < 1.29 is 9.66 Å². The van der Waals surface area contributed by atoms with Gasteiger partial charge in [0.2, 0.25) is 0 Å². The topological polar surface area (TPSA) is 64.4 Å². The molecule has 0 spiro atoms. The molecule has 19 heavy (non-hydrogen) atoms. The van der Waals surface area contributed by atoms with Gasteiger partial charge >= 0.3 is 0 Å². The van der Waals surface area contributed by atoms with E-state index in [1.807, 2.05) is 0 Å². The number of halogens is 1. The smallest absolute Gasteiger partial charge is 0.293 e. The Morgan fingerprint density at radius 1 is 1.42 bits per heavy atom. The Balaban J connectivity index is 2.39. The summed E-state index contributed by atoms with van der Waals surface area (Å²) in [5, 5.41) is 14.2. The molecule has 0 aromatic heterocycles. The molecule has 0 fully saturated rings. The Hall–Kier alpha value is -1.33. The number of anilines is 1. The van der Waals surface area contributed by atoms with Gasteiger partial charge in [-0.2, -0.15) is 0 Å². The van der Waals surface area contributed by atoms with Crippen molar-refractivity contribution in [2.45, 2.75) is 20.3 Å². The van der Waals surface area contributed by atoms with Gasteiger partial charge in [-0.1, -0.05) is 25.4 Å². The van der Waals surface area contributed by atoms with Gasteiger partial charge < -0.3 is 10.1 Å². The average molecular weight is 287 g/mol. The lowest BCUT2D eigenvalue weighted by Gasteiger charge is -2.09. The van der Waals surface area contributed by atoms with Crippen LogP contribution >= 0.6 is 11.6 Å². The first kappa shape index (κ1) is 15.7. The van der Waals surface area contributed by atoms with Crippen molar-refractivity contribution in [1.82, 2.24) is 0 Å². The number of nitro groups is 1. The summed E-state index contributed by atoms with van der Waals surface area (Å²) in [5.41, 5.74) is 0.441. The van der Waals surface area contributed by atoms with Crippen molar-refractivity contribution >= 4 is 23.0 Å². The van der Waals surface area contributed by atoms with E-state index in [1.165, 1.54) is 6.07 Å². The van der Waals surface area contributed by atoms with Gasteiger partial charge in [0.05, 0.1) is 11.5 Å². The van der Waals surface area contributed by atoms with Crippen molar-refractivity contribution in [3.8, 4) is 0 Å². The first-order valence-electron chi connectivity index (χ1n) is 6.26. The number of hydrogen-bond donors (Lipinski definition) is 1. The van der Waals surface area contributed by atoms with E-state index in [9.17, 15) is 10.1 Å². The molecule has 1 aromatic rings. The minimum absolute atomic E-state index is 0.0188. The van der Waals surface area contributed by atoms with Crippen molar-refractivity contribution in [3.63, 3.8) is 0 Å². The molecule has 1 N–H and O–H groups in total. The summed E-state index contributed by atoms with van der Waals surface area (Å²) < 4.78 is 5.43. The number of hydrogen-bond acceptors (Lipinski definition) is 4. The minimum atomic E-state index is -0.451. The van der Waals surface area contributed by atoms with Crippen LogP contribution < -0.4 is 5.32 Å². The van der Waals surface area contributed by atoms with Crippen LogP contribution in [0.25, 0.3) is 0 Å². The highest BCUT2D eigenvalue weighted by Crippen LogP contribution is 2.27. The quantitative estimate of drug-likeness (QED) is 0.449. The second-order valence-corrected chi connectivity index (χ2v) is 5.08. The van der Waals surface area contributed by atoms with E-state index >= 15 is 0 Å². The Labute approximate surface area is 118 Å². The minimum Gasteiger partial charge on any atom is -0.380 e. The predicted octanol–water partition coefficient (Wildman–Crippen LogP) is 3.72. The second kappa shape index (κ2) is 7.96. The standard InChI is InChI=1S/C13H19ClN2O3/c1-10(2)5-7-19-8-6-15-12-4-3-11(14)9-13(12)16(17)18/h3-4,9-10,15H,5-8H2,1-2H3. The molecule has 0 saturated heterocycles. The molecule has 0 radical (unpaired) electrons. The molecule has 6 heteroatoms. The third kappa shape index (κ3) is 5.89. The molecule has 0 atom stereocenters. The molecule has 1 rings (SSSR count). The Morgan fingerprint density at radius 2 is 2.16 bits per heavy atom. The lowest BCUT2D eigenvalue weighted by Crippen LogP contribution is -2.11. The van der Waals surface area contributed by atoms with E-state index in [1.54, 1.807) is 12.1 Å². The van der Waals surface area contributed by atoms with Crippen LogP contribution in [0.2, 0.25) is 5.02 Å². The number of nitrogens with zero attached hydrogens (tertiary/aromatic N) is 1. The molecule has 106 valence electrons. The summed E-state index contributed by atoms with van der Waals surface area (Å²) >= 11 is 5.74. The van der Waals surface area contributed by atoms with Crippen LogP contribution in [-0.4, -0.2) is 24.7 Å².